The van der Waals surface area contributed by atoms with Gasteiger partial charge in [0.15, 0.2) is 0 Å². The first-order valence-electron chi connectivity index (χ1n) is 5.27. The maximum absolute atomic E-state index is 11.9. The Morgan fingerprint density at radius 3 is 2.25 bits per heavy atom. The van der Waals surface area contributed by atoms with Crippen molar-refractivity contribution < 1.29 is 14.3 Å². The van der Waals surface area contributed by atoms with E-state index in [1.54, 1.807) is 13.8 Å². The zero-order valence-corrected chi connectivity index (χ0v) is 9.71. The molecule has 0 unspecified atom stereocenters. The summed E-state index contributed by atoms with van der Waals surface area (Å²) >= 11 is 0. The first kappa shape index (κ1) is 12.9. The van der Waals surface area contributed by atoms with Crippen LogP contribution in [0.3, 0.4) is 0 Å². The van der Waals surface area contributed by atoms with Crippen molar-refractivity contribution in [3.8, 4) is 0 Å². The van der Waals surface area contributed by atoms with Crippen molar-refractivity contribution in [2.75, 3.05) is 13.2 Å². The fourth-order valence-electron chi connectivity index (χ4n) is 1.43. The number of carbonyl (C=O) groups excluding carboxylic acids is 2. The second-order valence-electron chi connectivity index (χ2n) is 4.71. The van der Waals surface area contributed by atoms with Crippen molar-refractivity contribution >= 4 is 11.8 Å². The molecule has 16 heavy (non-hydrogen) atoms. The number of hydrogen-bond acceptors (Lipinski definition) is 4. The van der Waals surface area contributed by atoms with Crippen LogP contribution >= 0.6 is 0 Å². The first-order chi connectivity index (χ1) is 7.28. The van der Waals surface area contributed by atoms with E-state index in [1.807, 2.05) is 0 Å². The molecule has 1 saturated heterocycles. The first-order valence-corrected chi connectivity index (χ1v) is 5.27. The number of amides is 2. The highest BCUT2D eigenvalue weighted by Crippen LogP contribution is 2.18. The lowest BCUT2D eigenvalue weighted by molar-refractivity contribution is -0.135. The molecule has 6 nitrogen and oxygen atoms in total. The van der Waals surface area contributed by atoms with Gasteiger partial charge in [-0.15, -0.1) is 0 Å². The Balaban J connectivity index is 2.67. The van der Waals surface area contributed by atoms with Crippen molar-refractivity contribution in [2.24, 2.45) is 11.5 Å². The molecule has 1 rings (SSSR count). The quantitative estimate of drug-likeness (QED) is 0.569. The Bertz CT molecular complexity index is 296. The molecule has 0 atom stereocenters. The van der Waals surface area contributed by atoms with Crippen LogP contribution in [0, 0.1) is 0 Å². The smallest absolute Gasteiger partial charge is 0.242 e. The van der Waals surface area contributed by atoms with Crippen LogP contribution in [0.25, 0.3) is 0 Å². The average Bonchev–Trinajstić information content (AvgIpc) is 2.18. The van der Waals surface area contributed by atoms with Gasteiger partial charge in [0.25, 0.3) is 0 Å². The third-order valence-electron chi connectivity index (χ3n) is 2.88. The molecule has 0 bridgehead atoms. The van der Waals surface area contributed by atoms with E-state index in [9.17, 15) is 9.59 Å². The molecule has 0 aromatic heterocycles. The van der Waals surface area contributed by atoms with Crippen LogP contribution in [0.5, 0.6) is 0 Å². The Labute approximate surface area is 94.7 Å². The number of hydrogen-bond donors (Lipinski definition) is 3. The second kappa shape index (κ2) is 4.39. The number of carbonyl (C=O) groups is 2. The molecule has 0 aliphatic carbocycles. The second-order valence-corrected chi connectivity index (χ2v) is 4.71. The van der Waals surface area contributed by atoms with E-state index in [-0.39, 0.29) is 5.91 Å². The minimum Gasteiger partial charge on any atom is -0.381 e. The van der Waals surface area contributed by atoms with Gasteiger partial charge >= 0.3 is 0 Å². The van der Waals surface area contributed by atoms with Gasteiger partial charge in [-0.25, -0.2) is 0 Å². The predicted octanol–water partition coefficient (Wildman–Crippen LogP) is -1.13. The molecule has 0 saturated carbocycles. The topological polar surface area (TPSA) is 107 Å². The Hall–Kier alpha value is -1.14. The number of primary amides is 1. The van der Waals surface area contributed by atoms with Crippen LogP contribution in [0.2, 0.25) is 0 Å². The van der Waals surface area contributed by atoms with Crippen molar-refractivity contribution in [1.82, 2.24) is 5.32 Å². The molecule has 1 aliphatic heterocycles. The van der Waals surface area contributed by atoms with Gasteiger partial charge in [-0.2, -0.15) is 0 Å². The molecule has 1 fully saturated rings. The van der Waals surface area contributed by atoms with E-state index in [0.29, 0.717) is 26.1 Å². The lowest BCUT2D eigenvalue weighted by atomic mass is 9.89. The van der Waals surface area contributed by atoms with Crippen molar-refractivity contribution in [3.63, 3.8) is 0 Å². The number of nitrogens with one attached hydrogen (secondary N) is 1. The number of nitrogens with two attached hydrogens (primary N) is 2. The Kier molecular flexibility index (Phi) is 3.54. The SMILES string of the molecule is CC(C)(NC(=O)C1(N)CCOCC1)C(N)=O. The van der Waals surface area contributed by atoms with Crippen LogP contribution in [0.15, 0.2) is 0 Å². The van der Waals surface area contributed by atoms with Gasteiger partial charge in [-0.3, -0.25) is 9.59 Å². The minimum absolute atomic E-state index is 0.348. The highest BCUT2D eigenvalue weighted by Gasteiger charge is 2.39. The highest BCUT2D eigenvalue weighted by atomic mass is 16.5. The molecule has 1 heterocycles. The molecule has 0 aromatic rings. The van der Waals surface area contributed by atoms with E-state index in [1.165, 1.54) is 0 Å². The van der Waals surface area contributed by atoms with E-state index < -0.39 is 17.0 Å². The molecule has 0 spiro atoms. The Morgan fingerprint density at radius 1 is 1.31 bits per heavy atom. The summed E-state index contributed by atoms with van der Waals surface area (Å²) in [6.07, 6.45) is 0.904. The van der Waals surface area contributed by atoms with Gasteiger partial charge in [0.05, 0.1) is 5.54 Å². The van der Waals surface area contributed by atoms with Crippen LogP contribution < -0.4 is 16.8 Å². The van der Waals surface area contributed by atoms with Crippen molar-refractivity contribution in [3.05, 3.63) is 0 Å². The third-order valence-corrected chi connectivity index (χ3v) is 2.88. The standard InChI is InChI=1S/C10H19N3O3/c1-9(2,7(11)14)13-8(15)10(12)3-5-16-6-4-10/h3-6,12H2,1-2H3,(H2,11,14)(H,13,15). The molecular formula is C10H19N3O3. The predicted molar refractivity (Wildman–Crippen MR) is 58.4 cm³/mol. The average molecular weight is 229 g/mol. The zero-order chi connectivity index (χ0) is 12.4. The summed E-state index contributed by atoms with van der Waals surface area (Å²) < 4.78 is 5.14. The van der Waals surface area contributed by atoms with E-state index >= 15 is 0 Å². The van der Waals surface area contributed by atoms with Gasteiger partial charge in [-0.05, 0) is 26.7 Å². The lowest BCUT2D eigenvalue weighted by Crippen LogP contribution is -2.63. The summed E-state index contributed by atoms with van der Waals surface area (Å²) in [6.45, 7) is 4.02. The maximum Gasteiger partial charge on any atom is 0.242 e. The van der Waals surface area contributed by atoms with Crippen molar-refractivity contribution in [1.29, 1.82) is 0 Å². The van der Waals surface area contributed by atoms with Crippen molar-refractivity contribution in [2.45, 2.75) is 37.8 Å². The zero-order valence-electron chi connectivity index (χ0n) is 9.71. The summed E-state index contributed by atoms with van der Waals surface area (Å²) in [4.78, 5) is 23.0. The molecule has 6 heteroatoms. The van der Waals surface area contributed by atoms with Gasteiger partial charge in [0, 0.05) is 13.2 Å². The van der Waals surface area contributed by atoms with E-state index in [0.717, 1.165) is 0 Å². The van der Waals surface area contributed by atoms with Gasteiger partial charge in [0.2, 0.25) is 11.8 Å². The highest BCUT2D eigenvalue weighted by molar-refractivity contribution is 5.93. The molecular weight excluding hydrogens is 210 g/mol. The Morgan fingerprint density at radius 2 is 1.81 bits per heavy atom. The van der Waals surface area contributed by atoms with Crippen LogP contribution in [-0.2, 0) is 14.3 Å². The summed E-state index contributed by atoms with van der Waals surface area (Å²) in [5.74, 6) is -0.934. The van der Waals surface area contributed by atoms with Crippen LogP contribution in [0.1, 0.15) is 26.7 Å². The van der Waals surface area contributed by atoms with Gasteiger partial charge < -0.3 is 21.5 Å². The monoisotopic (exact) mass is 229 g/mol. The summed E-state index contributed by atoms with van der Waals surface area (Å²) in [6, 6.07) is 0. The number of rotatable bonds is 3. The lowest BCUT2D eigenvalue weighted by Gasteiger charge is -2.34. The third kappa shape index (κ3) is 2.70. The fourth-order valence-corrected chi connectivity index (χ4v) is 1.43. The molecule has 2 amide bonds. The molecule has 0 aromatic carbocycles. The molecule has 5 N–H and O–H groups in total. The van der Waals surface area contributed by atoms with E-state index in [4.69, 9.17) is 16.2 Å². The fraction of sp³-hybridized carbons (Fsp3) is 0.800. The summed E-state index contributed by atoms with van der Waals surface area (Å²) in [5.41, 5.74) is 9.10. The number of ether oxygens (including phenoxy) is 1. The van der Waals surface area contributed by atoms with Gasteiger partial charge in [-0.1, -0.05) is 0 Å². The summed E-state index contributed by atoms with van der Waals surface area (Å²) in [7, 11) is 0. The largest absolute Gasteiger partial charge is 0.381 e. The maximum atomic E-state index is 11.9. The van der Waals surface area contributed by atoms with Crippen LogP contribution in [-0.4, -0.2) is 36.1 Å². The van der Waals surface area contributed by atoms with Crippen LogP contribution in [0.4, 0.5) is 0 Å². The normalized spacial score (nSPS) is 20.2. The summed E-state index contributed by atoms with van der Waals surface area (Å²) in [5, 5.41) is 2.57. The van der Waals surface area contributed by atoms with Gasteiger partial charge in [0.1, 0.15) is 5.54 Å². The molecule has 1 aliphatic rings. The van der Waals surface area contributed by atoms with E-state index in [2.05, 4.69) is 5.32 Å². The molecule has 0 radical (unpaired) electrons. The molecule has 92 valence electrons. The minimum atomic E-state index is -1.08.